The molecule has 4 nitrogen and oxygen atoms in total. The summed E-state index contributed by atoms with van der Waals surface area (Å²) in [7, 11) is 0. The fraction of sp³-hybridized carbons (Fsp3) is 0.167. The van der Waals surface area contributed by atoms with Gasteiger partial charge in [0.1, 0.15) is 11.2 Å². The van der Waals surface area contributed by atoms with Gasteiger partial charge in [-0.15, -0.1) is 0 Å². The van der Waals surface area contributed by atoms with Gasteiger partial charge in [-0.05, 0) is 42.7 Å². The van der Waals surface area contributed by atoms with Crippen LogP contribution >= 0.6 is 0 Å². The lowest BCUT2D eigenvalue weighted by Crippen LogP contribution is -1.93. The number of oxazole rings is 1. The van der Waals surface area contributed by atoms with Gasteiger partial charge in [0.05, 0.1) is 5.52 Å². The minimum atomic E-state index is 0.538. The van der Waals surface area contributed by atoms with Crippen molar-refractivity contribution in [2.24, 2.45) is 0 Å². The Hall–Kier alpha value is -2.75. The fourth-order valence-corrected chi connectivity index (χ4v) is 2.64. The molecule has 0 atom stereocenters. The van der Waals surface area contributed by atoms with E-state index in [0.717, 1.165) is 39.7 Å². The Morgan fingerprint density at radius 3 is 2.77 bits per heavy atom. The predicted molar refractivity (Wildman–Crippen MR) is 86.7 cm³/mol. The summed E-state index contributed by atoms with van der Waals surface area (Å²) in [6.07, 6.45) is 2.66. The molecule has 0 radical (unpaired) electrons. The zero-order chi connectivity index (χ0) is 15.1. The average Bonchev–Trinajstić information content (AvgIpc) is 2.96. The second-order valence-electron chi connectivity index (χ2n) is 5.40. The SMILES string of the molecule is CCc1cc2ccccc2nc1-c1nc2cc(C)cnc2o1. The van der Waals surface area contributed by atoms with Gasteiger partial charge in [0.2, 0.25) is 11.6 Å². The smallest absolute Gasteiger partial charge is 0.248 e. The maximum atomic E-state index is 5.82. The lowest BCUT2D eigenvalue weighted by Gasteiger charge is -2.05. The summed E-state index contributed by atoms with van der Waals surface area (Å²) in [5.41, 5.74) is 5.26. The third kappa shape index (κ3) is 2.04. The van der Waals surface area contributed by atoms with Crippen LogP contribution in [0.3, 0.4) is 0 Å². The van der Waals surface area contributed by atoms with E-state index in [2.05, 4.69) is 29.0 Å². The quantitative estimate of drug-likeness (QED) is 0.552. The van der Waals surface area contributed by atoms with Crippen molar-refractivity contribution in [1.29, 1.82) is 0 Å². The number of nitrogens with zero attached hydrogens (tertiary/aromatic N) is 3. The molecule has 0 bridgehead atoms. The summed E-state index contributed by atoms with van der Waals surface area (Å²) in [5.74, 6) is 0.538. The van der Waals surface area contributed by atoms with Crippen LogP contribution in [-0.4, -0.2) is 15.0 Å². The van der Waals surface area contributed by atoms with Gasteiger partial charge in [0, 0.05) is 11.6 Å². The zero-order valence-corrected chi connectivity index (χ0v) is 12.5. The summed E-state index contributed by atoms with van der Waals surface area (Å²) in [4.78, 5) is 13.6. The van der Waals surface area contributed by atoms with Crippen molar-refractivity contribution in [3.63, 3.8) is 0 Å². The normalized spacial score (nSPS) is 11.4. The third-order valence-corrected chi connectivity index (χ3v) is 3.77. The van der Waals surface area contributed by atoms with E-state index in [4.69, 9.17) is 9.40 Å². The Balaban J connectivity index is 1.97. The lowest BCUT2D eigenvalue weighted by molar-refractivity contribution is 0.604. The van der Waals surface area contributed by atoms with E-state index in [-0.39, 0.29) is 0 Å². The number of para-hydroxylation sites is 1. The van der Waals surface area contributed by atoms with E-state index < -0.39 is 0 Å². The van der Waals surface area contributed by atoms with Gasteiger partial charge < -0.3 is 4.42 Å². The van der Waals surface area contributed by atoms with Gasteiger partial charge in [-0.3, -0.25) is 0 Å². The van der Waals surface area contributed by atoms with Gasteiger partial charge in [0.25, 0.3) is 0 Å². The molecule has 0 aliphatic carbocycles. The molecule has 108 valence electrons. The molecule has 0 spiro atoms. The van der Waals surface area contributed by atoms with Crippen molar-refractivity contribution >= 4 is 22.1 Å². The molecular formula is C18H15N3O. The van der Waals surface area contributed by atoms with Gasteiger partial charge in [-0.2, -0.15) is 0 Å². The van der Waals surface area contributed by atoms with Crippen molar-refractivity contribution in [3.05, 3.63) is 53.7 Å². The maximum Gasteiger partial charge on any atom is 0.248 e. The summed E-state index contributed by atoms with van der Waals surface area (Å²) in [6, 6.07) is 12.2. The molecule has 0 amide bonds. The molecule has 0 aliphatic heterocycles. The van der Waals surface area contributed by atoms with Crippen LogP contribution in [0.5, 0.6) is 0 Å². The minimum Gasteiger partial charge on any atom is -0.416 e. The number of benzene rings is 1. The number of hydrogen-bond donors (Lipinski definition) is 0. The van der Waals surface area contributed by atoms with E-state index in [0.29, 0.717) is 11.6 Å². The van der Waals surface area contributed by atoms with Crippen molar-refractivity contribution in [2.45, 2.75) is 20.3 Å². The Labute approximate surface area is 127 Å². The summed E-state index contributed by atoms with van der Waals surface area (Å²) in [5, 5.41) is 1.13. The molecule has 3 heterocycles. The number of pyridine rings is 2. The van der Waals surface area contributed by atoms with Crippen LogP contribution in [0.15, 0.2) is 47.0 Å². The second-order valence-corrected chi connectivity index (χ2v) is 5.40. The largest absolute Gasteiger partial charge is 0.416 e. The number of hydrogen-bond acceptors (Lipinski definition) is 4. The zero-order valence-electron chi connectivity index (χ0n) is 12.5. The Morgan fingerprint density at radius 2 is 1.91 bits per heavy atom. The summed E-state index contributed by atoms with van der Waals surface area (Å²) < 4.78 is 5.82. The molecule has 0 unspecified atom stereocenters. The predicted octanol–water partition coefficient (Wildman–Crippen LogP) is 4.31. The van der Waals surface area contributed by atoms with Crippen molar-refractivity contribution in [1.82, 2.24) is 15.0 Å². The number of aryl methyl sites for hydroxylation is 2. The summed E-state index contributed by atoms with van der Waals surface area (Å²) in [6.45, 7) is 4.10. The fourth-order valence-electron chi connectivity index (χ4n) is 2.64. The van der Waals surface area contributed by atoms with E-state index in [1.807, 2.05) is 31.2 Å². The molecule has 0 aliphatic rings. The van der Waals surface area contributed by atoms with Crippen molar-refractivity contribution in [2.75, 3.05) is 0 Å². The topological polar surface area (TPSA) is 51.8 Å². The first-order valence-corrected chi connectivity index (χ1v) is 7.37. The van der Waals surface area contributed by atoms with Crippen molar-refractivity contribution in [3.8, 4) is 11.6 Å². The average molecular weight is 289 g/mol. The van der Waals surface area contributed by atoms with Crippen LogP contribution < -0.4 is 0 Å². The van der Waals surface area contributed by atoms with Crippen LogP contribution in [0, 0.1) is 6.92 Å². The standard InChI is InChI=1S/C18H15N3O/c1-3-12-9-13-6-4-5-7-14(13)20-16(12)18-21-15-8-11(2)10-19-17(15)22-18/h4-10H,3H2,1-2H3. The molecular weight excluding hydrogens is 274 g/mol. The van der Waals surface area contributed by atoms with Crippen molar-refractivity contribution < 1.29 is 4.42 Å². The van der Waals surface area contributed by atoms with E-state index in [1.54, 1.807) is 6.20 Å². The number of rotatable bonds is 2. The van der Waals surface area contributed by atoms with Crippen LogP contribution in [0.2, 0.25) is 0 Å². The minimum absolute atomic E-state index is 0.538. The Morgan fingerprint density at radius 1 is 1.05 bits per heavy atom. The van der Waals surface area contributed by atoms with Crippen LogP contribution in [-0.2, 0) is 6.42 Å². The van der Waals surface area contributed by atoms with Gasteiger partial charge in [-0.25, -0.2) is 15.0 Å². The lowest BCUT2D eigenvalue weighted by atomic mass is 10.1. The van der Waals surface area contributed by atoms with E-state index in [9.17, 15) is 0 Å². The highest BCUT2D eigenvalue weighted by atomic mass is 16.4. The third-order valence-electron chi connectivity index (χ3n) is 3.77. The molecule has 3 aromatic heterocycles. The first-order chi connectivity index (χ1) is 10.7. The molecule has 0 saturated carbocycles. The first-order valence-electron chi connectivity index (χ1n) is 7.37. The van der Waals surface area contributed by atoms with Crippen LogP contribution in [0.1, 0.15) is 18.1 Å². The number of aromatic nitrogens is 3. The Kier molecular flexibility index (Phi) is 2.89. The number of fused-ring (bicyclic) bond motifs is 2. The van der Waals surface area contributed by atoms with E-state index >= 15 is 0 Å². The molecule has 4 heteroatoms. The Bertz CT molecular complexity index is 988. The van der Waals surface area contributed by atoms with Gasteiger partial charge in [0.15, 0.2) is 0 Å². The highest BCUT2D eigenvalue weighted by Crippen LogP contribution is 2.28. The van der Waals surface area contributed by atoms with Gasteiger partial charge >= 0.3 is 0 Å². The van der Waals surface area contributed by atoms with Crippen LogP contribution in [0.25, 0.3) is 33.7 Å². The molecule has 22 heavy (non-hydrogen) atoms. The highest BCUT2D eigenvalue weighted by molar-refractivity contribution is 5.83. The maximum absolute atomic E-state index is 5.82. The molecule has 0 N–H and O–H groups in total. The second kappa shape index (κ2) is 4.91. The molecule has 4 aromatic rings. The first kappa shape index (κ1) is 13.0. The highest BCUT2D eigenvalue weighted by Gasteiger charge is 2.15. The molecule has 0 fully saturated rings. The van der Waals surface area contributed by atoms with Crippen LogP contribution in [0.4, 0.5) is 0 Å². The monoisotopic (exact) mass is 289 g/mol. The molecule has 4 rings (SSSR count). The molecule has 1 aromatic carbocycles. The molecule has 0 saturated heterocycles. The summed E-state index contributed by atoms with van der Waals surface area (Å²) >= 11 is 0. The van der Waals surface area contributed by atoms with E-state index in [1.165, 1.54) is 0 Å². The van der Waals surface area contributed by atoms with Gasteiger partial charge in [-0.1, -0.05) is 25.1 Å².